The van der Waals surface area contributed by atoms with Crippen molar-refractivity contribution in [2.24, 2.45) is 0 Å². The van der Waals surface area contributed by atoms with Crippen LogP contribution < -0.4 is 10.1 Å². The molecule has 0 fully saturated rings. The van der Waals surface area contributed by atoms with Gasteiger partial charge in [0.15, 0.2) is 0 Å². The van der Waals surface area contributed by atoms with Gasteiger partial charge in [0.05, 0.1) is 18.7 Å². The van der Waals surface area contributed by atoms with E-state index in [2.05, 4.69) is 17.2 Å². The molecule has 4 heteroatoms. The van der Waals surface area contributed by atoms with Crippen molar-refractivity contribution in [3.8, 4) is 5.75 Å². The average molecular weight is 316 g/mol. The van der Waals surface area contributed by atoms with Crippen molar-refractivity contribution in [1.29, 1.82) is 0 Å². The lowest BCUT2D eigenvalue weighted by Crippen LogP contribution is -2.26. The first-order chi connectivity index (χ1) is 11.2. The van der Waals surface area contributed by atoms with Crippen molar-refractivity contribution in [2.75, 3.05) is 13.7 Å². The molecule has 1 heterocycles. The largest absolute Gasteiger partial charge is 0.497 e. The second kappa shape index (κ2) is 9.48. The Morgan fingerprint density at radius 3 is 2.87 bits per heavy atom. The molecule has 2 aromatic rings. The summed E-state index contributed by atoms with van der Waals surface area (Å²) in [6.07, 6.45) is 7.23. The van der Waals surface area contributed by atoms with E-state index < -0.39 is 0 Å². The second-order valence-corrected chi connectivity index (χ2v) is 5.99. The Kier molecular flexibility index (Phi) is 7.30. The van der Waals surface area contributed by atoms with E-state index in [4.69, 9.17) is 4.74 Å². The normalized spacial score (nSPS) is 12.5. The van der Waals surface area contributed by atoms with Gasteiger partial charge in [-0.2, -0.15) is 0 Å². The number of fused-ring (bicyclic) bond motifs is 1. The molecule has 0 aliphatic rings. The van der Waals surface area contributed by atoms with Gasteiger partial charge in [-0.05, 0) is 36.2 Å². The summed E-state index contributed by atoms with van der Waals surface area (Å²) in [5.74, 6) is 0.836. The van der Waals surface area contributed by atoms with Gasteiger partial charge in [-0.1, -0.05) is 32.6 Å². The molecule has 126 valence electrons. The minimum atomic E-state index is -0.269. The summed E-state index contributed by atoms with van der Waals surface area (Å²) in [6, 6.07) is 7.93. The molecule has 0 radical (unpaired) electrons. The molecule has 23 heavy (non-hydrogen) atoms. The first-order valence-corrected chi connectivity index (χ1v) is 8.55. The van der Waals surface area contributed by atoms with Crippen LogP contribution in [0.2, 0.25) is 0 Å². The Labute approximate surface area is 138 Å². The first-order valence-electron chi connectivity index (χ1n) is 8.55. The number of benzene rings is 1. The third kappa shape index (κ3) is 5.48. The van der Waals surface area contributed by atoms with Crippen LogP contribution in [0.4, 0.5) is 0 Å². The van der Waals surface area contributed by atoms with Crippen LogP contribution in [-0.4, -0.2) is 29.8 Å². The van der Waals surface area contributed by atoms with Crippen molar-refractivity contribution in [3.63, 3.8) is 0 Å². The lowest BCUT2D eigenvalue weighted by atomic mass is 10.1. The molecule has 1 aromatic carbocycles. The van der Waals surface area contributed by atoms with Gasteiger partial charge in [-0.25, -0.2) is 0 Å². The number of aliphatic hydroxyl groups is 1. The van der Waals surface area contributed by atoms with E-state index in [1.165, 1.54) is 24.8 Å². The molecule has 4 nitrogen and oxygen atoms in total. The number of unbranched alkanes of at least 4 members (excludes halogenated alkanes) is 3. The van der Waals surface area contributed by atoms with E-state index in [9.17, 15) is 5.11 Å². The molecule has 0 amide bonds. The predicted octanol–water partition coefficient (Wildman–Crippen LogP) is 3.66. The van der Waals surface area contributed by atoms with E-state index in [-0.39, 0.29) is 6.10 Å². The van der Waals surface area contributed by atoms with Crippen LogP contribution in [0.25, 0.3) is 10.9 Å². The third-order valence-electron chi connectivity index (χ3n) is 4.13. The standard InChI is InChI=1S/C19H28N2O2/c1-3-4-5-6-7-16(22)14-20-13-15-10-11-21-19-9-8-17(23-2)12-18(15)19/h8-12,16,20,22H,3-7,13-14H2,1-2H3/t16-/m0/s1. The third-order valence-corrected chi connectivity index (χ3v) is 4.13. The number of ether oxygens (including phenoxy) is 1. The van der Waals surface area contributed by atoms with E-state index >= 15 is 0 Å². The van der Waals surface area contributed by atoms with Crippen LogP contribution in [0, 0.1) is 0 Å². The molecule has 1 atom stereocenters. The zero-order valence-electron chi connectivity index (χ0n) is 14.2. The Balaban J connectivity index is 1.87. The minimum Gasteiger partial charge on any atom is -0.497 e. The first kappa shape index (κ1) is 17.7. The SMILES string of the molecule is CCCCCC[C@H](O)CNCc1ccnc2ccc(OC)cc12. The van der Waals surface area contributed by atoms with Crippen molar-refractivity contribution < 1.29 is 9.84 Å². The number of nitrogens with one attached hydrogen (secondary N) is 1. The molecule has 0 bridgehead atoms. The molecule has 1 aromatic heterocycles. The summed E-state index contributed by atoms with van der Waals surface area (Å²) in [7, 11) is 1.67. The summed E-state index contributed by atoms with van der Waals surface area (Å²) in [5, 5.41) is 14.5. The summed E-state index contributed by atoms with van der Waals surface area (Å²) < 4.78 is 5.30. The molecular formula is C19H28N2O2. The average Bonchev–Trinajstić information content (AvgIpc) is 2.58. The Bertz CT molecular complexity index is 601. The van der Waals surface area contributed by atoms with Gasteiger partial charge in [0.1, 0.15) is 5.75 Å². The smallest absolute Gasteiger partial charge is 0.119 e. The van der Waals surface area contributed by atoms with Gasteiger partial charge >= 0.3 is 0 Å². The number of hydrogen-bond donors (Lipinski definition) is 2. The molecule has 0 saturated carbocycles. The van der Waals surface area contributed by atoms with E-state index in [0.29, 0.717) is 6.54 Å². The Hall–Kier alpha value is -1.65. The van der Waals surface area contributed by atoms with E-state index in [1.54, 1.807) is 7.11 Å². The van der Waals surface area contributed by atoms with Crippen LogP contribution in [0.1, 0.15) is 44.6 Å². The topological polar surface area (TPSA) is 54.4 Å². The van der Waals surface area contributed by atoms with Crippen LogP contribution in [0.3, 0.4) is 0 Å². The lowest BCUT2D eigenvalue weighted by Gasteiger charge is -2.13. The van der Waals surface area contributed by atoms with Gasteiger partial charge in [-0.15, -0.1) is 0 Å². The Morgan fingerprint density at radius 2 is 2.09 bits per heavy atom. The maximum Gasteiger partial charge on any atom is 0.119 e. The van der Waals surface area contributed by atoms with Gasteiger partial charge in [0.25, 0.3) is 0 Å². The summed E-state index contributed by atoms with van der Waals surface area (Å²) >= 11 is 0. The van der Waals surface area contributed by atoms with Crippen molar-refractivity contribution in [2.45, 2.75) is 51.7 Å². The van der Waals surface area contributed by atoms with Crippen LogP contribution >= 0.6 is 0 Å². The molecular weight excluding hydrogens is 288 g/mol. The van der Waals surface area contributed by atoms with Gasteiger partial charge in [0, 0.05) is 24.7 Å². The van der Waals surface area contributed by atoms with Crippen LogP contribution in [-0.2, 0) is 6.54 Å². The fraction of sp³-hybridized carbons (Fsp3) is 0.526. The van der Waals surface area contributed by atoms with Crippen molar-refractivity contribution >= 4 is 10.9 Å². The fourth-order valence-corrected chi connectivity index (χ4v) is 2.75. The summed E-state index contributed by atoms with van der Waals surface area (Å²) in [6.45, 7) is 3.55. The van der Waals surface area contributed by atoms with E-state index in [0.717, 1.165) is 36.0 Å². The number of aliphatic hydroxyl groups excluding tert-OH is 1. The molecule has 0 aliphatic heterocycles. The van der Waals surface area contributed by atoms with E-state index in [1.807, 2.05) is 30.5 Å². The van der Waals surface area contributed by atoms with Gasteiger partial charge in [0.2, 0.25) is 0 Å². The lowest BCUT2D eigenvalue weighted by molar-refractivity contribution is 0.157. The highest BCUT2D eigenvalue weighted by molar-refractivity contribution is 5.83. The number of methoxy groups -OCH3 is 1. The molecule has 0 unspecified atom stereocenters. The quantitative estimate of drug-likeness (QED) is 0.657. The maximum atomic E-state index is 10.0. The highest BCUT2D eigenvalue weighted by atomic mass is 16.5. The summed E-state index contributed by atoms with van der Waals surface area (Å²) in [4.78, 5) is 4.39. The minimum absolute atomic E-state index is 0.269. The Morgan fingerprint density at radius 1 is 1.22 bits per heavy atom. The number of hydrogen-bond acceptors (Lipinski definition) is 4. The van der Waals surface area contributed by atoms with Crippen LogP contribution in [0.15, 0.2) is 30.5 Å². The number of pyridine rings is 1. The van der Waals surface area contributed by atoms with Crippen molar-refractivity contribution in [1.82, 2.24) is 10.3 Å². The monoisotopic (exact) mass is 316 g/mol. The van der Waals surface area contributed by atoms with Gasteiger partial charge < -0.3 is 15.2 Å². The number of rotatable bonds is 10. The zero-order chi connectivity index (χ0) is 16.5. The zero-order valence-corrected chi connectivity index (χ0v) is 14.2. The highest BCUT2D eigenvalue weighted by Gasteiger charge is 2.06. The number of nitrogens with zero attached hydrogens (tertiary/aromatic N) is 1. The molecule has 0 spiro atoms. The van der Waals surface area contributed by atoms with Crippen molar-refractivity contribution in [3.05, 3.63) is 36.0 Å². The fourth-order valence-electron chi connectivity index (χ4n) is 2.75. The summed E-state index contributed by atoms with van der Waals surface area (Å²) in [5.41, 5.74) is 2.14. The number of aromatic nitrogens is 1. The molecule has 0 saturated heterocycles. The second-order valence-electron chi connectivity index (χ2n) is 5.99. The molecule has 2 N–H and O–H groups in total. The molecule has 2 rings (SSSR count). The molecule has 0 aliphatic carbocycles. The maximum absolute atomic E-state index is 10.0. The predicted molar refractivity (Wildman–Crippen MR) is 94.8 cm³/mol. The van der Waals surface area contributed by atoms with Gasteiger partial charge in [-0.3, -0.25) is 4.98 Å². The highest BCUT2D eigenvalue weighted by Crippen LogP contribution is 2.22. The van der Waals surface area contributed by atoms with Crippen LogP contribution in [0.5, 0.6) is 5.75 Å².